The zero-order valence-corrected chi connectivity index (χ0v) is 9.07. The van der Waals surface area contributed by atoms with Crippen molar-refractivity contribution in [3.8, 4) is 0 Å². The van der Waals surface area contributed by atoms with E-state index in [0.29, 0.717) is 6.61 Å². The van der Waals surface area contributed by atoms with Gasteiger partial charge in [0.15, 0.2) is 0 Å². The standard InChI is InChI=1S/C10H19N3O2/c14-10-13(4-1-9-15-10)8-7-12-5-2-11-3-6-12/h11H,1-9H2. The second-order valence-corrected chi connectivity index (χ2v) is 4.05. The van der Waals surface area contributed by atoms with E-state index in [0.717, 1.165) is 52.2 Å². The third-order valence-electron chi connectivity index (χ3n) is 2.95. The fraction of sp³-hybridized carbons (Fsp3) is 0.900. The van der Waals surface area contributed by atoms with E-state index in [1.165, 1.54) is 0 Å². The molecule has 5 nitrogen and oxygen atoms in total. The SMILES string of the molecule is O=C1OCCCN1CCN1CCNCC1. The Bertz CT molecular complexity index is 217. The van der Waals surface area contributed by atoms with Gasteiger partial charge in [-0.1, -0.05) is 0 Å². The molecule has 15 heavy (non-hydrogen) atoms. The molecule has 2 aliphatic heterocycles. The van der Waals surface area contributed by atoms with Gasteiger partial charge in [0.1, 0.15) is 0 Å². The van der Waals surface area contributed by atoms with Crippen molar-refractivity contribution in [2.24, 2.45) is 0 Å². The molecule has 0 aromatic heterocycles. The van der Waals surface area contributed by atoms with Crippen molar-refractivity contribution in [2.75, 3.05) is 52.4 Å². The Kier molecular flexibility index (Phi) is 3.80. The molecule has 0 unspecified atom stereocenters. The molecule has 2 heterocycles. The second-order valence-electron chi connectivity index (χ2n) is 4.05. The summed E-state index contributed by atoms with van der Waals surface area (Å²) in [5.41, 5.74) is 0. The third kappa shape index (κ3) is 3.07. The van der Waals surface area contributed by atoms with E-state index in [-0.39, 0.29) is 6.09 Å². The van der Waals surface area contributed by atoms with Crippen molar-refractivity contribution in [2.45, 2.75) is 6.42 Å². The van der Waals surface area contributed by atoms with Crippen LogP contribution in [0.1, 0.15) is 6.42 Å². The molecule has 1 N–H and O–H groups in total. The van der Waals surface area contributed by atoms with E-state index in [1.807, 2.05) is 4.90 Å². The molecule has 1 amide bonds. The molecule has 2 aliphatic rings. The van der Waals surface area contributed by atoms with E-state index in [2.05, 4.69) is 10.2 Å². The van der Waals surface area contributed by atoms with Crippen LogP contribution in [0.15, 0.2) is 0 Å². The number of piperazine rings is 1. The number of amides is 1. The highest BCUT2D eigenvalue weighted by molar-refractivity contribution is 5.68. The molecule has 0 radical (unpaired) electrons. The summed E-state index contributed by atoms with van der Waals surface area (Å²) >= 11 is 0. The monoisotopic (exact) mass is 213 g/mol. The minimum Gasteiger partial charge on any atom is -0.449 e. The molecule has 5 heteroatoms. The predicted octanol–water partition coefficient (Wildman–Crippen LogP) is -0.266. The number of carbonyl (C=O) groups is 1. The molecule has 0 spiro atoms. The van der Waals surface area contributed by atoms with Gasteiger partial charge in [0.05, 0.1) is 6.61 Å². The van der Waals surface area contributed by atoms with E-state index in [4.69, 9.17) is 4.74 Å². The summed E-state index contributed by atoms with van der Waals surface area (Å²) < 4.78 is 4.99. The summed E-state index contributed by atoms with van der Waals surface area (Å²) in [4.78, 5) is 15.5. The van der Waals surface area contributed by atoms with Crippen LogP contribution < -0.4 is 5.32 Å². The smallest absolute Gasteiger partial charge is 0.409 e. The fourth-order valence-corrected chi connectivity index (χ4v) is 2.00. The third-order valence-corrected chi connectivity index (χ3v) is 2.95. The van der Waals surface area contributed by atoms with Gasteiger partial charge in [0.2, 0.25) is 0 Å². The highest BCUT2D eigenvalue weighted by Crippen LogP contribution is 2.04. The number of nitrogens with one attached hydrogen (secondary N) is 1. The van der Waals surface area contributed by atoms with Crippen LogP contribution in [0.2, 0.25) is 0 Å². The van der Waals surface area contributed by atoms with Crippen LogP contribution in [0.4, 0.5) is 4.79 Å². The number of hydrogen-bond acceptors (Lipinski definition) is 4. The molecule has 0 bridgehead atoms. The summed E-state index contributed by atoms with van der Waals surface area (Å²) in [7, 11) is 0. The van der Waals surface area contributed by atoms with Gasteiger partial charge in [-0.15, -0.1) is 0 Å². The number of ether oxygens (including phenoxy) is 1. The van der Waals surface area contributed by atoms with Gasteiger partial charge in [-0.05, 0) is 6.42 Å². The summed E-state index contributed by atoms with van der Waals surface area (Å²) in [5, 5.41) is 3.31. The average Bonchev–Trinajstić information content (AvgIpc) is 2.29. The molecule has 86 valence electrons. The quantitative estimate of drug-likeness (QED) is 0.701. The first-order valence-electron chi connectivity index (χ1n) is 5.71. The Morgan fingerprint density at radius 2 is 2.00 bits per heavy atom. The lowest BCUT2D eigenvalue weighted by atomic mass is 10.3. The minimum absolute atomic E-state index is 0.142. The van der Waals surface area contributed by atoms with Crippen LogP contribution >= 0.6 is 0 Å². The molecule has 2 saturated heterocycles. The van der Waals surface area contributed by atoms with Crippen molar-refractivity contribution in [3.05, 3.63) is 0 Å². The lowest BCUT2D eigenvalue weighted by Crippen LogP contribution is -2.48. The first-order valence-corrected chi connectivity index (χ1v) is 5.71. The highest BCUT2D eigenvalue weighted by atomic mass is 16.6. The van der Waals surface area contributed by atoms with Crippen LogP contribution in [-0.2, 0) is 4.74 Å². The van der Waals surface area contributed by atoms with Crippen molar-refractivity contribution in [1.29, 1.82) is 0 Å². The maximum absolute atomic E-state index is 11.3. The Balaban J connectivity index is 1.69. The van der Waals surface area contributed by atoms with Gasteiger partial charge in [-0.3, -0.25) is 4.90 Å². The summed E-state index contributed by atoms with van der Waals surface area (Å²) in [6.45, 7) is 7.50. The Morgan fingerprint density at radius 3 is 2.73 bits per heavy atom. The minimum atomic E-state index is -0.142. The Labute approximate surface area is 90.4 Å². The maximum atomic E-state index is 11.3. The van der Waals surface area contributed by atoms with Gasteiger partial charge in [0.25, 0.3) is 0 Å². The fourth-order valence-electron chi connectivity index (χ4n) is 2.00. The first kappa shape index (κ1) is 10.7. The van der Waals surface area contributed by atoms with E-state index >= 15 is 0 Å². The molecule has 0 aromatic carbocycles. The summed E-state index contributed by atoms with van der Waals surface area (Å²) in [6, 6.07) is 0. The average molecular weight is 213 g/mol. The zero-order valence-electron chi connectivity index (χ0n) is 9.07. The number of hydrogen-bond donors (Lipinski definition) is 1. The van der Waals surface area contributed by atoms with Crippen molar-refractivity contribution in [3.63, 3.8) is 0 Å². The molecular formula is C10H19N3O2. The molecular weight excluding hydrogens is 194 g/mol. The second kappa shape index (κ2) is 5.32. The molecule has 0 aromatic rings. The Hall–Kier alpha value is -0.810. The van der Waals surface area contributed by atoms with Gasteiger partial charge >= 0.3 is 6.09 Å². The Morgan fingerprint density at radius 1 is 1.20 bits per heavy atom. The van der Waals surface area contributed by atoms with Crippen molar-refractivity contribution >= 4 is 6.09 Å². The normalized spacial score (nSPS) is 24.0. The molecule has 0 aliphatic carbocycles. The predicted molar refractivity (Wildman–Crippen MR) is 56.8 cm³/mol. The molecule has 2 fully saturated rings. The lowest BCUT2D eigenvalue weighted by Gasteiger charge is -2.31. The number of carbonyl (C=O) groups excluding carboxylic acids is 1. The number of nitrogens with zero attached hydrogens (tertiary/aromatic N) is 2. The number of rotatable bonds is 3. The van der Waals surface area contributed by atoms with Crippen molar-refractivity contribution < 1.29 is 9.53 Å². The first-order chi connectivity index (χ1) is 7.36. The van der Waals surface area contributed by atoms with Crippen LogP contribution in [0, 0.1) is 0 Å². The van der Waals surface area contributed by atoms with E-state index < -0.39 is 0 Å². The molecule has 2 rings (SSSR count). The zero-order chi connectivity index (χ0) is 10.5. The maximum Gasteiger partial charge on any atom is 0.409 e. The lowest BCUT2D eigenvalue weighted by molar-refractivity contribution is 0.0675. The van der Waals surface area contributed by atoms with Gasteiger partial charge in [0, 0.05) is 45.8 Å². The molecule has 0 atom stereocenters. The molecule has 0 saturated carbocycles. The van der Waals surface area contributed by atoms with Gasteiger partial charge in [-0.25, -0.2) is 4.79 Å². The topological polar surface area (TPSA) is 44.8 Å². The summed E-state index contributed by atoms with van der Waals surface area (Å²) in [6.07, 6.45) is 0.823. The van der Waals surface area contributed by atoms with Crippen LogP contribution in [-0.4, -0.2) is 68.3 Å². The van der Waals surface area contributed by atoms with Crippen LogP contribution in [0.3, 0.4) is 0 Å². The van der Waals surface area contributed by atoms with Crippen LogP contribution in [0.25, 0.3) is 0 Å². The van der Waals surface area contributed by atoms with Gasteiger partial charge < -0.3 is 15.0 Å². The van der Waals surface area contributed by atoms with Crippen molar-refractivity contribution in [1.82, 2.24) is 15.1 Å². The summed E-state index contributed by atoms with van der Waals surface area (Å²) in [5.74, 6) is 0. The highest BCUT2D eigenvalue weighted by Gasteiger charge is 2.20. The number of cyclic esters (lactones) is 1. The van der Waals surface area contributed by atoms with E-state index in [1.54, 1.807) is 0 Å². The van der Waals surface area contributed by atoms with Gasteiger partial charge in [-0.2, -0.15) is 0 Å². The largest absolute Gasteiger partial charge is 0.449 e. The van der Waals surface area contributed by atoms with Crippen LogP contribution in [0.5, 0.6) is 0 Å². The van der Waals surface area contributed by atoms with E-state index in [9.17, 15) is 4.79 Å².